The number of para-hydroxylation sites is 1. The van der Waals surface area contributed by atoms with Crippen molar-refractivity contribution in [3.8, 4) is 0 Å². The van der Waals surface area contributed by atoms with Gasteiger partial charge in [-0.15, -0.1) is 0 Å². The number of amides is 2. The molecule has 1 saturated carbocycles. The largest absolute Gasteiger partial charge is 0.383 e. The Morgan fingerprint density at radius 2 is 2.00 bits per heavy atom. The van der Waals surface area contributed by atoms with Gasteiger partial charge in [-0.3, -0.25) is 9.59 Å². The lowest BCUT2D eigenvalue weighted by molar-refractivity contribution is -0.139. The van der Waals surface area contributed by atoms with Gasteiger partial charge >= 0.3 is 0 Å². The molecule has 2 aliphatic heterocycles. The first-order valence-corrected chi connectivity index (χ1v) is 13.0. The standard InChI is InChI=1S/C28H33N5O3/c1-36-15-25-19-12-13-33(26(19)18-6-2-4-8-21(18)31-25)28(35)20-7-3-5-9-22(20)32-27(34)17-10-11-23-24(14-17)30-16-29-23/h2,4,6,8,10-11,14,16,19-20,22,25-26,31H,3,5,7,9,12-13,15H2,1H3,(H,29,30)(H,32,34)/t19-,20-,22+,25-,26-/m0/s1. The molecule has 3 aromatic rings. The highest BCUT2D eigenvalue weighted by atomic mass is 16.5. The summed E-state index contributed by atoms with van der Waals surface area (Å²) in [6.45, 7) is 1.34. The van der Waals surface area contributed by atoms with Gasteiger partial charge in [0.25, 0.3) is 5.91 Å². The number of carbonyl (C=O) groups is 2. The average Bonchev–Trinajstić information content (AvgIpc) is 3.56. The number of methoxy groups -OCH3 is 1. The van der Waals surface area contributed by atoms with Gasteiger partial charge in [-0.25, -0.2) is 4.98 Å². The van der Waals surface area contributed by atoms with Gasteiger partial charge in [-0.1, -0.05) is 31.0 Å². The molecule has 3 heterocycles. The van der Waals surface area contributed by atoms with E-state index in [2.05, 4.69) is 43.7 Å². The molecule has 1 aromatic heterocycles. The summed E-state index contributed by atoms with van der Waals surface area (Å²) in [4.78, 5) is 36.7. The van der Waals surface area contributed by atoms with E-state index in [1.165, 1.54) is 5.56 Å². The maximum atomic E-state index is 14.1. The molecule has 1 saturated heterocycles. The van der Waals surface area contributed by atoms with Gasteiger partial charge in [0.1, 0.15) is 0 Å². The fourth-order valence-electron chi connectivity index (χ4n) is 6.56. The van der Waals surface area contributed by atoms with Crippen LogP contribution in [0.25, 0.3) is 11.0 Å². The van der Waals surface area contributed by atoms with Crippen molar-refractivity contribution in [2.24, 2.45) is 11.8 Å². The number of hydrogen-bond acceptors (Lipinski definition) is 5. The van der Waals surface area contributed by atoms with Crippen LogP contribution in [0.2, 0.25) is 0 Å². The van der Waals surface area contributed by atoms with Gasteiger partial charge < -0.3 is 25.3 Å². The zero-order valence-electron chi connectivity index (χ0n) is 20.6. The predicted octanol–water partition coefficient (Wildman–Crippen LogP) is 3.88. The van der Waals surface area contributed by atoms with E-state index in [9.17, 15) is 9.59 Å². The Morgan fingerprint density at radius 1 is 1.14 bits per heavy atom. The zero-order chi connectivity index (χ0) is 24.6. The van der Waals surface area contributed by atoms with Crippen molar-refractivity contribution in [3.05, 3.63) is 59.9 Å². The minimum atomic E-state index is -0.210. The van der Waals surface area contributed by atoms with Crippen molar-refractivity contribution in [2.45, 2.75) is 50.2 Å². The van der Waals surface area contributed by atoms with Crippen molar-refractivity contribution >= 4 is 28.5 Å². The fourth-order valence-corrected chi connectivity index (χ4v) is 6.56. The summed E-state index contributed by atoms with van der Waals surface area (Å²) >= 11 is 0. The van der Waals surface area contributed by atoms with E-state index in [1.807, 2.05) is 18.2 Å². The fraction of sp³-hybridized carbons (Fsp3) is 0.464. The second-order valence-corrected chi connectivity index (χ2v) is 10.3. The van der Waals surface area contributed by atoms with E-state index in [-0.39, 0.29) is 35.9 Å². The molecule has 8 nitrogen and oxygen atoms in total. The molecule has 8 heteroatoms. The van der Waals surface area contributed by atoms with Crippen LogP contribution in [0.3, 0.4) is 0 Å². The van der Waals surface area contributed by atoms with Gasteiger partial charge in [0.2, 0.25) is 5.91 Å². The first kappa shape index (κ1) is 23.0. The minimum Gasteiger partial charge on any atom is -0.383 e. The molecule has 2 amide bonds. The van der Waals surface area contributed by atoms with E-state index in [0.717, 1.165) is 55.4 Å². The number of nitrogens with one attached hydrogen (secondary N) is 3. The van der Waals surface area contributed by atoms with E-state index in [4.69, 9.17) is 4.74 Å². The van der Waals surface area contributed by atoms with Crippen molar-refractivity contribution in [2.75, 3.05) is 25.6 Å². The predicted molar refractivity (Wildman–Crippen MR) is 138 cm³/mol. The molecular formula is C28H33N5O3. The Kier molecular flexibility index (Phi) is 6.13. The van der Waals surface area contributed by atoms with Gasteiger partial charge in [0.15, 0.2) is 0 Å². The molecular weight excluding hydrogens is 454 g/mol. The highest BCUT2D eigenvalue weighted by molar-refractivity contribution is 5.97. The molecule has 0 spiro atoms. The smallest absolute Gasteiger partial charge is 0.251 e. The third-order valence-electron chi connectivity index (χ3n) is 8.29. The SMILES string of the molecule is COC[C@@H]1Nc2ccccc2[C@H]2[C@H]1CCN2C(=O)[C@H]1CCCC[C@H]1NC(=O)c1ccc2[nH]cnc2c1. The number of nitrogens with zero attached hydrogens (tertiary/aromatic N) is 2. The molecule has 0 radical (unpaired) electrons. The lowest BCUT2D eigenvalue weighted by atomic mass is 9.81. The Morgan fingerprint density at radius 3 is 2.89 bits per heavy atom. The number of hydrogen-bond donors (Lipinski definition) is 3. The van der Waals surface area contributed by atoms with Crippen molar-refractivity contribution in [1.29, 1.82) is 0 Å². The number of fused-ring (bicyclic) bond motifs is 4. The number of benzene rings is 2. The topological polar surface area (TPSA) is 99.4 Å². The third kappa shape index (κ3) is 4.03. The van der Waals surface area contributed by atoms with Crippen LogP contribution in [0.5, 0.6) is 0 Å². The lowest BCUT2D eigenvalue weighted by Crippen LogP contribution is -2.50. The van der Waals surface area contributed by atoms with Gasteiger partial charge in [-0.2, -0.15) is 0 Å². The summed E-state index contributed by atoms with van der Waals surface area (Å²) in [6, 6.07) is 13.8. The van der Waals surface area contributed by atoms with Crippen molar-refractivity contribution < 1.29 is 14.3 Å². The second-order valence-electron chi connectivity index (χ2n) is 10.3. The molecule has 36 heavy (non-hydrogen) atoms. The molecule has 2 fully saturated rings. The van der Waals surface area contributed by atoms with E-state index in [0.29, 0.717) is 18.1 Å². The summed E-state index contributed by atoms with van der Waals surface area (Å²) in [5.74, 6) is 0.124. The quantitative estimate of drug-likeness (QED) is 0.507. The highest BCUT2D eigenvalue weighted by Gasteiger charge is 2.48. The highest BCUT2D eigenvalue weighted by Crippen LogP contribution is 2.47. The number of carbonyl (C=O) groups excluding carboxylic acids is 2. The Hall–Kier alpha value is -3.39. The number of ether oxygens (including phenoxy) is 1. The normalized spacial score (nSPS) is 27.2. The molecule has 0 unspecified atom stereocenters. The maximum absolute atomic E-state index is 14.1. The van der Waals surface area contributed by atoms with Crippen LogP contribution in [-0.2, 0) is 9.53 Å². The van der Waals surface area contributed by atoms with Crippen LogP contribution in [0.15, 0.2) is 48.8 Å². The number of anilines is 1. The van der Waals surface area contributed by atoms with Gasteiger partial charge in [-0.05, 0) is 49.1 Å². The maximum Gasteiger partial charge on any atom is 0.251 e. The second kappa shape index (κ2) is 9.58. The molecule has 188 valence electrons. The number of aromatic amines is 1. The first-order chi connectivity index (χ1) is 17.6. The van der Waals surface area contributed by atoms with E-state index in [1.54, 1.807) is 19.5 Å². The summed E-state index contributed by atoms with van der Waals surface area (Å²) in [7, 11) is 1.73. The third-order valence-corrected chi connectivity index (χ3v) is 8.29. The van der Waals surface area contributed by atoms with E-state index >= 15 is 0 Å². The first-order valence-electron chi connectivity index (χ1n) is 13.0. The molecule has 1 aliphatic carbocycles. The number of rotatable bonds is 5. The molecule has 6 rings (SSSR count). The molecule has 5 atom stereocenters. The van der Waals surface area contributed by atoms with Crippen molar-refractivity contribution in [3.63, 3.8) is 0 Å². The Bertz CT molecular complexity index is 1270. The van der Waals surface area contributed by atoms with Crippen LogP contribution in [0.1, 0.15) is 54.1 Å². The number of H-pyrrole nitrogens is 1. The van der Waals surface area contributed by atoms with E-state index < -0.39 is 0 Å². The summed E-state index contributed by atoms with van der Waals surface area (Å²) in [6.07, 6.45) is 6.22. The summed E-state index contributed by atoms with van der Waals surface area (Å²) < 4.78 is 5.52. The van der Waals surface area contributed by atoms with Crippen LogP contribution < -0.4 is 10.6 Å². The van der Waals surface area contributed by atoms with Crippen LogP contribution in [0.4, 0.5) is 5.69 Å². The summed E-state index contributed by atoms with van der Waals surface area (Å²) in [5, 5.41) is 6.85. The van der Waals surface area contributed by atoms with Crippen LogP contribution >= 0.6 is 0 Å². The van der Waals surface area contributed by atoms with Gasteiger partial charge in [0.05, 0.1) is 42.0 Å². The van der Waals surface area contributed by atoms with Crippen LogP contribution in [0, 0.1) is 11.8 Å². The molecule has 2 aromatic carbocycles. The zero-order valence-corrected chi connectivity index (χ0v) is 20.6. The van der Waals surface area contributed by atoms with Gasteiger partial charge in [0, 0.05) is 36.9 Å². The lowest BCUT2D eigenvalue weighted by Gasteiger charge is -2.41. The molecule has 3 N–H and O–H groups in total. The number of likely N-dealkylation sites (tertiary alicyclic amines) is 1. The Labute approximate surface area is 210 Å². The van der Waals surface area contributed by atoms with Crippen LogP contribution in [-0.4, -0.2) is 59.0 Å². The molecule has 0 bridgehead atoms. The summed E-state index contributed by atoms with van der Waals surface area (Å²) in [5.41, 5.74) is 4.50. The molecule has 3 aliphatic rings. The number of imidazole rings is 1. The monoisotopic (exact) mass is 487 g/mol. The van der Waals surface area contributed by atoms with Crippen molar-refractivity contribution in [1.82, 2.24) is 20.2 Å². The minimum absolute atomic E-state index is 0.0375. The average molecular weight is 488 g/mol. The Balaban J connectivity index is 1.23. The number of aromatic nitrogens is 2.